The quantitative estimate of drug-likeness (QED) is 0.465. The van der Waals surface area contributed by atoms with Gasteiger partial charge in [-0.15, -0.1) is 0 Å². The lowest BCUT2D eigenvalue weighted by atomic mass is 10.1. The van der Waals surface area contributed by atoms with Gasteiger partial charge in [-0.25, -0.2) is 18.0 Å². The topological polar surface area (TPSA) is 127 Å². The van der Waals surface area contributed by atoms with E-state index in [1.807, 2.05) is 0 Å². The Morgan fingerprint density at radius 3 is 2.18 bits per heavy atom. The maximum absolute atomic E-state index is 12.8. The van der Waals surface area contributed by atoms with Crippen LogP contribution in [0.1, 0.15) is 39.1 Å². The van der Waals surface area contributed by atoms with Crippen molar-refractivity contribution in [1.29, 1.82) is 0 Å². The van der Waals surface area contributed by atoms with Crippen molar-refractivity contribution in [2.45, 2.75) is 30.7 Å². The Hall–Kier alpha value is -3.11. The number of fused-ring (bicyclic) bond motifs is 1. The second-order valence-corrected chi connectivity index (χ2v) is 8.44. The van der Waals surface area contributed by atoms with Crippen LogP contribution in [0.3, 0.4) is 0 Å². The average molecular weight is 401 g/mol. The molecule has 0 saturated heterocycles. The fourth-order valence-electron chi connectivity index (χ4n) is 3.13. The summed E-state index contributed by atoms with van der Waals surface area (Å²) in [5.74, 6) is -1.30. The van der Waals surface area contributed by atoms with Crippen molar-refractivity contribution in [2.24, 2.45) is 0 Å². The fourth-order valence-corrected chi connectivity index (χ4v) is 4.48. The van der Waals surface area contributed by atoms with Crippen LogP contribution in [0.15, 0.2) is 41.3 Å². The molecule has 2 aromatic rings. The molecule has 0 radical (unpaired) electrons. The van der Waals surface area contributed by atoms with Gasteiger partial charge in [0.25, 0.3) is 17.5 Å². The van der Waals surface area contributed by atoms with Gasteiger partial charge in [0.2, 0.25) is 10.0 Å². The second-order valence-electron chi connectivity index (χ2n) is 6.73. The van der Waals surface area contributed by atoms with Gasteiger partial charge in [0, 0.05) is 12.1 Å². The van der Waals surface area contributed by atoms with Crippen molar-refractivity contribution in [3.05, 3.63) is 63.2 Å². The van der Waals surface area contributed by atoms with Crippen LogP contribution < -0.4 is 9.62 Å². The van der Waals surface area contributed by atoms with Crippen molar-refractivity contribution < 1.29 is 22.9 Å². The van der Waals surface area contributed by atoms with E-state index in [1.54, 1.807) is 12.1 Å². The third-order valence-electron chi connectivity index (χ3n) is 4.77. The van der Waals surface area contributed by atoms with E-state index >= 15 is 0 Å². The Balaban J connectivity index is 1.89. The van der Waals surface area contributed by atoms with Gasteiger partial charge in [-0.2, -0.15) is 0 Å². The van der Waals surface area contributed by atoms with Crippen molar-refractivity contribution in [1.82, 2.24) is 4.72 Å². The van der Waals surface area contributed by atoms with Crippen LogP contribution in [-0.2, 0) is 10.0 Å². The van der Waals surface area contributed by atoms with Gasteiger partial charge in [0.05, 0.1) is 32.2 Å². The Kier molecular flexibility index (Phi) is 4.05. The molecule has 1 fully saturated rings. The third-order valence-corrected chi connectivity index (χ3v) is 6.27. The number of benzene rings is 2. The van der Waals surface area contributed by atoms with Gasteiger partial charge in [-0.05, 0) is 38.0 Å². The number of nitro benzene ring substituents is 1. The second kappa shape index (κ2) is 6.21. The summed E-state index contributed by atoms with van der Waals surface area (Å²) in [6.07, 6.45) is 1.39. The molecule has 2 amide bonds. The molecule has 0 bridgehead atoms. The van der Waals surface area contributed by atoms with Crippen LogP contribution in [0.4, 0.5) is 11.4 Å². The first-order chi connectivity index (χ1) is 13.2. The summed E-state index contributed by atoms with van der Waals surface area (Å²) in [6, 6.07) is 8.04. The summed E-state index contributed by atoms with van der Waals surface area (Å²) in [7, 11) is -4.03. The number of rotatable bonds is 5. The van der Waals surface area contributed by atoms with E-state index in [4.69, 9.17) is 0 Å². The predicted octanol–water partition coefficient (Wildman–Crippen LogP) is 2.14. The van der Waals surface area contributed by atoms with Gasteiger partial charge in [-0.3, -0.25) is 19.7 Å². The van der Waals surface area contributed by atoms with E-state index in [1.165, 1.54) is 19.1 Å². The van der Waals surface area contributed by atoms with Crippen LogP contribution >= 0.6 is 0 Å². The zero-order valence-corrected chi connectivity index (χ0v) is 15.5. The number of carbonyl (C=O) groups excluding carboxylic acids is 2. The largest absolute Gasteiger partial charge is 0.275 e. The Labute approximate surface area is 160 Å². The highest BCUT2D eigenvalue weighted by Gasteiger charge is 2.39. The van der Waals surface area contributed by atoms with Crippen LogP contribution in [0.25, 0.3) is 0 Å². The highest BCUT2D eigenvalue weighted by Crippen LogP contribution is 2.37. The number of nitro groups is 1. The predicted molar refractivity (Wildman–Crippen MR) is 98.8 cm³/mol. The zero-order valence-electron chi connectivity index (χ0n) is 14.7. The minimum absolute atomic E-state index is 0.0323. The summed E-state index contributed by atoms with van der Waals surface area (Å²) in [4.78, 5) is 36.7. The molecule has 144 valence electrons. The van der Waals surface area contributed by atoms with E-state index in [0.717, 1.165) is 17.0 Å². The molecule has 10 heteroatoms. The number of nitrogens with zero attached hydrogens (tertiary/aromatic N) is 2. The van der Waals surface area contributed by atoms with Gasteiger partial charge < -0.3 is 0 Å². The van der Waals surface area contributed by atoms with Gasteiger partial charge in [-0.1, -0.05) is 12.1 Å². The molecular formula is C18H15N3O6S. The van der Waals surface area contributed by atoms with Crippen LogP contribution in [0, 0.1) is 17.0 Å². The minimum Gasteiger partial charge on any atom is -0.268 e. The first-order valence-corrected chi connectivity index (χ1v) is 9.98. The van der Waals surface area contributed by atoms with E-state index in [9.17, 15) is 28.1 Å². The van der Waals surface area contributed by atoms with E-state index < -0.39 is 32.4 Å². The molecule has 1 aliphatic carbocycles. The van der Waals surface area contributed by atoms with Crippen LogP contribution in [0.5, 0.6) is 0 Å². The molecule has 1 heterocycles. The molecular weight excluding hydrogens is 386 g/mol. The lowest BCUT2D eigenvalue weighted by molar-refractivity contribution is -0.385. The lowest BCUT2D eigenvalue weighted by Gasteiger charge is -2.18. The SMILES string of the molecule is Cc1c(N2C(=O)c3ccccc3C2=O)cc(S(=O)(=O)NC2CC2)cc1[N+](=O)[O-]. The summed E-state index contributed by atoms with van der Waals surface area (Å²) in [6.45, 7) is 1.38. The first kappa shape index (κ1) is 18.3. The smallest absolute Gasteiger partial charge is 0.268 e. The average Bonchev–Trinajstić information content (AvgIpc) is 3.41. The molecule has 0 spiro atoms. The number of nitrogens with one attached hydrogen (secondary N) is 1. The van der Waals surface area contributed by atoms with Crippen molar-refractivity contribution >= 4 is 33.2 Å². The van der Waals surface area contributed by atoms with Gasteiger partial charge >= 0.3 is 0 Å². The Morgan fingerprint density at radius 1 is 1.11 bits per heavy atom. The highest BCUT2D eigenvalue weighted by atomic mass is 32.2. The van der Waals surface area contributed by atoms with Crippen molar-refractivity contribution in [3.8, 4) is 0 Å². The lowest BCUT2D eigenvalue weighted by Crippen LogP contribution is -2.31. The summed E-state index contributed by atoms with van der Waals surface area (Å²) in [5, 5.41) is 11.5. The van der Waals surface area contributed by atoms with Crippen LogP contribution in [-0.4, -0.2) is 31.2 Å². The number of imide groups is 1. The maximum Gasteiger partial charge on any atom is 0.275 e. The molecule has 9 nitrogen and oxygen atoms in total. The van der Waals surface area contributed by atoms with Crippen molar-refractivity contribution in [2.75, 3.05) is 4.90 Å². The van der Waals surface area contributed by atoms with Crippen molar-refractivity contribution in [3.63, 3.8) is 0 Å². The third kappa shape index (κ3) is 2.86. The maximum atomic E-state index is 12.8. The number of hydrogen-bond donors (Lipinski definition) is 1. The number of carbonyl (C=O) groups is 2. The normalized spacial score (nSPS) is 16.4. The number of amides is 2. The first-order valence-electron chi connectivity index (χ1n) is 8.50. The molecule has 0 unspecified atom stereocenters. The molecule has 4 rings (SSSR count). The Morgan fingerprint density at radius 2 is 1.68 bits per heavy atom. The summed E-state index contributed by atoms with van der Waals surface area (Å²) in [5.41, 5.74) is -0.232. The standard InChI is InChI=1S/C18H15N3O6S/c1-10-15(20-17(22)13-4-2-3-5-14(13)18(20)23)8-12(9-16(10)21(24)25)28(26,27)19-11-6-7-11/h2-5,8-9,11,19H,6-7H2,1H3. The number of anilines is 1. The molecule has 0 aromatic heterocycles. The number of sulfonamides is 1. The molecule has 1 N–H and O–H groups in total. The highest BCUT2D eigenvalue weighted by molar-refractivity contribution is 7.89. The molecule has 1 aliphatic heterocycles. The monoisotopic (exact) mass is 401 g/mol. The van der Waals surface area contributed by atoms with Gasteiger partial charge in [0.1, 0.15) is 0 Å². The Bertz CT molecular complexity index is 1120. The van der Waals surface area contributed by atoms with E-state index in [2.05, 4.69) is 4.72 Å². The van der Waals surface area contributed by atoms with Crippen LogP contribution in [0.2, 0.25) is 0 Å². The molecule has 2 aromatic carbocycles. The molecule has 28 heavy (non-hydrogen) atoms. The molecule has 0 atom stereocenters. The van der Waals surface area contributed by atoms with Gasteiger partial charge in [0.15, 0.2) is 0 Å². The minimum atomic E-state index is -4.03. The van der Waals surface area contributed by atoms with E-state index in [0.29, 0.717) is 12.8 Å². The molecule has 2 aliphatic rings. The molecule has 1 saturated carbocycles. The summed E-state index contributed by atoms with van der Waals surface area (Å²) < 4.78 is 27.6. The summed E-state index contributed by atoms with van der Waals surface area (Å²) >= 11 is 0. The fraction of sp³-hybridized carbons (Fsp3) is 0.222. The number of hydrogen-bond acceptors (Lipinski definition) is 6. The zero-order chi connectivity index (χ0) is 20.2. The van der Waals surface area contributed by atoms with E-state index in [-0.39, 0.29) is 33.3 Å².